The Hall–Kier alpha value is -0.723. The summed E-state index contributed by atoms with van der Waals surface area (Å²) in [5.41, 5.74) is 0.573. The molecule has 86 valence electrons. The van der Waals surface area contributed by atoms with E-state index in [2.05, 4.69) is 29.8 Å². The molecule has 0 amide bonds. The molecule has 0 saturated heterocycles. The van der Waals surface area contributed by atoms with Crippen molar-refractivity contribution < 1.29 is 9.84 Å². The fourth-order valence-corrected chi connectivity index (χ4v) is 1.75. The van der Waals surface area contributed by atoms with Crippen molar-refractivity contribution in [2.75, 3.05) is 6.61 Å². The third kappa shape index (κ3) is 5.05. The third-order valence-electron chi connectivity index (χ3n) is 1.95. The van der Waals surface area contributed by atoms with Gasteiger partial charge < -0.3 is 9.84 Å². The molecule has 6 heteroatoms. The first kappa shape index (κ1) is 12.3. The fraction of sp³-hybridized carbons (Fsp3) is 0.778. The molecule has 15 heavy (non-hydrogen) atoms. The van der Waals surface area contributed by atoms with E-state index >= 15 is 0 Å². The smallest absolute Gasteiger partial charge is 0.158 e. The SMILES string of the molecule is C[Si](C)(C)CCOCn1ncc(CO)n1. The van der Waals surface area contributed by atoms with Crippen LogP contribution in [0.25, 0.3) is 0 Å². The Bertz CT molecular complexity index is 296. The van der Waals surface area contributed by atoms with E-state index in [1.807, 2.05) is 0 Å². The van der Waals surface area contributed by atoms with Crippen LogP contribution in [-0.2, 0) is 18.1 Å². The van der Waals surface area contributed by atoms with Crippen molar-refractivity contribution in [2.24, 2.45) is 0 Å². The van der Waals surface area contributed by atoms with E-state index in [9.17, 15) is 0 Å². The van der Waals surface area contributed by atoms with Crippen molar-refractivity contribution >= 4 is 8.07 Å². The maximum atomic E-state index is 8.78. The summed E-state index contributed by atoms with van der Waals surface area (Å²) >= 11 is 0. The van der Waals surface area contributed by atoms with Crippen LogP contribution in [0.4, 0.5) is 0 Å². The van der Waals surface area contributed by atoms with Crippen molar-refractivity contribution in [3.63, 3.8) is 0 Å². The van der Waals surface area contributed by atoms with Crippen molar-refractivity contribution in [3.8, 4) is 0 Å². The minimum atomic E-state index is -1.01. The number of hydrogen-bond acceptors (Lipinski definition) is 4. The maximum Gasteiger partial charge on any atom is 0.158 e. The van der Waals surface area contributed by atoms with Gasteiger partial charge in [0.05, 0.1) is 12.8 Å². The van der Waals surface area contributed by atoms with E-state index in [1.54, 1.807) is 6.20 Å². The van der Waals surface area contributed by atoms with Gasteiger partial charge in [0.25, 0.3) is 0 Å². The van der Waals surface area contributed by atoms with E-state index in [-0.39, 0.29) is 6.61 Å². The summed E-state index contributed by atoms with van der Waals surface area (Å²) in [5, 5.41) is 16.7. The molecular weight excluding hydrogens is 210 g/mol. The lowest BCUT2D eigenvalue weighted by Gasteiger charge is -2.14. The Balaban J connectivity index is 2.20. The number of rotatable bonds is 6. The van der Waals surface area contributed by atoms with Crippen LogP contribution in [0, 0.1) is 0 Å². The van der Waals surface area contributed by atoms with Crippen LogP contribution in [0.1, 0.15) is 5.69 Å². The first-order valence-electron chi connectivity index (χ1n) is 5.09. The van der Waals surface area contributed by atoms with Gasteiger partial charge in [-0.1, -0.05) is 19.6 Å². The molecule has 0 aromatic carbocycles. The van der Waals surface area contributed by atoms with Crippen LogP contribution in [0.3, 0.4) is 0 Å². The van der Waals surface area contributed by atoms with E-state index in [1.165, 1.54) is 4.80 Å². The Morgan fingerprint density at radius 3 is 2.73 bits per heavy atom. The summed E-state index contributed by atoms with van der Waals surface area (Å²) in [6.07, 6.45) is 1.54. The quantitative estimate of drug-likeness (QED) is 0.586. The average molecular weight is 229 g/mol. The molecule has 0 spiro atoms. The van der Waals surface area contributed by atoms with Gasteiger partial charge in [-0.25, -0.2) is 0 Å². The van der Waals surface area contributed by atoms with Crippen molar-refractivity contribution in [2.45, 2.75) is 39.0 Å². The molecule has 0 radical (unpaired) electrons. The lowest BCUT2D eigenvalue weighted by molar-refractivity contribution is 0.0679. The molecule has 1 heterocycles. The molecular formula is C9H19N3O2Si. The molecule has 0 bridgehead atoms. The lowest BCUT2D eigenvalue weighted by atomic mass is 10.5. The van der Waals surface area contributed by atoms with E-state index in [4.69, 9.17) is 9.84 Å². The molecule has 1 N–H and O–H groups in total. The molecule has 0 aliphatic rings. The van der Waals surface area contributed by atoms with E-state index in [0.29, 0.717) is 12.4 Å². The monoisotopic (exact) mass is 229 g/mol. The zero-order valence-corrected chi connectivity index (χ0v) is 10.6. The minimum Gasteiger partial charge on any atom is -0.390 e. The van der Waals surface area contributed by atoms with Gasteiger partial charge in [-0.05, 0) is 6.04 Å². The number of aromatic nitrogens is 3. The summed E-state index contributed by atoms with van der Waals surface area (Å²) in [7, 11) is -1.01. The molecule has 1 aromatic heterocycles. The highest BCUT2D eigenvalue weighted by atomic mass is 28.3. The van der Waals surface area contributed by atoms with Gasteiger partial charge in [0.2, 0.25) is 0 Å². The molecule has 0 saturated carbocycles. The average Bonchev–Trinajstić information content (AvgIpc) is 2.59. The van der Waals surface area contributed by atoms with Crippen LogP contribution < -0.4 is 0 Å². The van der Waals surface area contributed by atoms with E-state index in [0.717, 1.165) is 12.7 Å². The molecule has 1 rings (SSSR count). The van der Waals surface area contributed by atoms with Crippen LogP contribution in [0.5, 0.6) is 0 Å². The molecule has 0 atom stereocenters. The highest BCUT2D eigenvalue weighted by Gasteiger charge is 2.12. The summed E-state index contributed by atoms with van der Waals surface area (Å²) < 4.78 is 5.44. The first-order chi connectivity index (χ1) is 7.01. The Morgan fingerprint density at radius 2 is 2.20 bits per heavy atom. The van der Waals surface area contributed by atoms with Crippen molar-refractivity contribution in [1.29, 1.82) is 0 Å². The van der Waals surface area contributed by atoms with Crippen molar-refractivity contribution in [1.82, 2.24) is 15.0 Å². The Kier molecular flexibility index (Phi) is 4.43. The van der Waals surface area contributed by atoms with Gasteiger partial charge >= 0.3 is 0 Å². The van der Waals surface area contributed by atoms with Gasteiger partial charge in [0, 0.05) is 14.7 Å². The standard InChI is InChI=1S/C9H19N3O2Si/c1-15(2,3)5-4-14-8-12-10-6-9(7-13)11-12/h6,13H,4-5,7-8H2,1-3H3. The van der Waals surface area contributed by atoms with Crippen LogP contribution in [-0.4, -0.2) is 34.8 Å². The third-order valence-corrected chi connectivity index (χ3v) is 3.65. The van der Waals surface area contributed by atoms with Gasteiger partial charge in [0.1, 0.15) is 5.69 Å². The van der Waals surface area contributed by atoms with E-state index < -0.39 is 8.07 Å². The molecule has 0 fully saturated rings. The second-order valence-electron chi connectivity index (χ2n) is 4.71. The highest BCUT2D eigenvalue weighted by molar-refractivity contribution is 6.76. The summed E-state index contributed by atoms with van der Waals surface area (Å²) in [4.78, 5) is 1.45. The zero-order valence-electron chi connectivity index (χ0n) is 9.60. The predicted molar refractivity (Wildman–Crippen MR) is 60.0 cm³/mol. The minimum absolute atomic E-state index is 0.0745. The first-order valence-corrected chi connectivity index (χ1v) is 8.79. The molecule has 0 aliphatic heterocycles. The summed E-state index contributed by atoms with van der Waals surface area (Å²) in [6, 6.07) is 1.14. The zero-order chi connectivity index (χ0) is 11.3. The fourth-order valence-electron chi connectivity index (χ4n) is 0.992. The van der Waals surface area contributed by atoms with Crippen molar-refractivity contribution in [3.05, 3.63) is 11.9 Å². The van der Waals surface area contributed by atoms with Crippen LogP contribution in [0.2, 0.25) is 25.7 Å². The largest absolute Gasteiger partial charge is 0.390 e. The number of nitrogens with zero attached hydrogens (tertiary/aromatic N) is 3. The molecule has 5 nitrogen and oxygen atoms in total. The van der Waals surface area contributed by atoms with Crippen LogP contribution >= 0.6 is 0 Å². The van der Waals surface area contributed by atoms with Gasteiger partial charge in [0.15, 0.2) is 6.73 Å². The normalized spacial score (nSPS) is 12.0. The molecule has 0 unspecified atom stereocenters. The number of aliphatic hydroxyl groups is 1. The predicted octanol–water partition coefficient (Wildman–Crippen LogP) is 1.08. The number of aliphatic hydroxyl groups excluding tert-OH is 1. The topological polar surface area (TPSA) is 60.2 Å². The highest BCUT2D eigenvalue weighted by Crippen LogP contribution is 2.07. The number of ether oxygens (including phenoxy) is 1. The molecule has 1 aromatic rings. The second-order valence-corrected chi connectivity index (χ2v) is 10.3. The second kappa shape index (κ2) is 5.39. The summed E-state index contributed by atoms with van der Waals surface area (Å²) in [6.45, 7) is 7.98. The van der Waals surface area contributed by atoms with Gasteiger partial charge in [-0.15, -0.1) is 0 Å². The maximum absolute atomic E-state index is 8.78. The summed E-state index contributed by atoms with van der Waals surface area (Å²) in [5.74, 6) is 0. The molecule has 0 aliphatic carbocycles. The van der Waals surface area contributed by atoms with Crippen LogP contribution in [0.15, 0.2) is 6.20 Å². The Morgan fingerprint density at radius 1 is 1.47 bits per heavy atom. The van der Waals surface area contributed by atoms with Gasteiger partial charge in [-0.3, -0.25) is 0 Å². The number of hydrogen-bond donors (Lipinski definition) is 1. The van der Waals surface area contributed by atoms with Gasteiger partial charge in [-0.2, -0.15) is 15.0 Å². The Labute approximate surface area is 91.1 Å². The lowest BCUT2D eigenvalue weighted by Crippen LogP contribution is -2.22.